The maximum Gasteiger partial charge on any atom is 0.407 e. The van der Waals surface area contributed by atoms with Gasteiger partial charge in [0.15, 0.2) is 0 Å². The number of hydrogen-bond donors (Lipinski definition) is 2. The number of carbonyl (C=O) groups is 1. The Hall–Kier alpha value is -0.840. The predicted molar refractivity (Wildman–Crippen MR) is 76.5 cm³/mol. The molecule has 0 bridgehead atoms. The predicted octanol–water partition coefficient (Wildman–Crippen LogP) is 2.60. The maximum absolute atomic E-state index is 11.5. The van der Waals surface area contributed by atoms with Gasteiger partial charge in [0.05, 0.1) is 4.99 Å². The average molecular weight is 272 g/mol. The van der Waals surface area contributed by atoms with E-state index in [4.69, 9.17) is 22.7 Å². The molecule has 0 heterocycles. The van der Waals surface area contributed by atoms with Crippen molar-refractivity contribution in [1.29, 1.82) is 0 Å². The smallest absolute Gasteiger partial charge is 0.407 e. The number of rotatable bonds is 3. The van der Waals surface area contributed by atoms with E-state index >= 15 is 0 Å². The van der Waals surface area contributed by atoms with E-state index in [9.17, 15) is 4.79 Å². The lowest BCUT2D eigenvalue weighted by molar-refractivity contribution is 0.0514. The summed E-state index contributed by atoms with van der Waals surface area (Å²) in [5.74, 6) is 0.904. The van der Waals surface area contributed by atoms with Crippen LogP contribution in [-0.2, 0) is 4.74 Å². The van der Waals surface area contributed by atoms with Gasteiger partial charge in [0.1, 0.15) is 5.60 Å². The van der Waals surface area contributed by atoms with Crippen LogP contribution in [0, 0.1) is 11.8 Å². The Bertz CT molecular complexity index is 305. The SMILES string of the molecule is CC(C)(C)OC(=O)NC[C@H]1CC[C@H](C(N)=S)CC1. The zero-order chi connectivity index (χ0) is 13.8. The van der Waals surface area contributed by atoms with Crippen LogP contribution >= 0.6 is 12.2 Å². The van der Waals surface area contributed by atoms with Crippen LogP contribution in [0.5, 0.6) is 0 Å². The molecule has 0 radical (unpaired) electrons. The van der Waals surface area contributed by atoms with Gasteiger partial charge in [-0.15, -0.1) is 0 Å². The largest absolute Gasteiger partial charge is 0.444 e. The Balaban J connectivity index is 2.22. The molecule has 1 amide bonds. The van der Waals surface area contributed by atoms with E-state index in [0.29, 0.717) is 23.4 Å². The topological polar surface area (TPSA) is 64.3 Å². The molecule has 104 valence electrons. The second kappa shape index (κ2) is 6.36. The molecule has 0 saturated heterocycles. The monoisotopic (exact) mass is 272 g/mol. The Morgan fingerprint density at radius 2 is 1.89 bits per heavy atom. The van der Waals surface area contributed by atoms with Gasteiger partial charge in [-0.3, -0.25) is 0 Å². The van der Waals surface area contributed by atoms with Gasteiger partial charge >= 0.3 is 6.09 Å². The van der Waals surface area contributed by atoms with Crippen molar-refractivity contribution >= 4 is 23.3 Å². The molecular weight excluding hydrogens is 248 g/mol. The first-order valence-electron chi connectivity index (χ1n) is 6.54. The number of hydrogen-bond acceptors (Lipinski definition) is 3. The third-order valence-electron chi connectivity index (χ3n) is 3.18. The lowest BCUT2D eigenvalue weighted by Gasteiger charge is -2.28. The standard InChI is InChI=1S/C13H24N2O2S/c1-13(2,3)17-12(16)15-8-9-4-6-10(7-5-9)11(14)18/h9-10H,4-8H2,1-3H3,(H2,14,18)(H,15,16)/t9-,10-. The minimum Gasteiger partial charge on any atom is -0.444 e. The van der Waals surface area contributed by atoms with Gasteiger partial charge in [-0.1, -0.05) is 12.2 Å². The zero-order valence-electron chi connectivity index (χ0n) is 11.5. The summed E-state index contributed by atoms with van der Waals surface area (Å²) in [6.07, 6.45) is 3.88. The highest BCUT2D eigenvalue weighted by Crippen LogP contribution is 2.28. The van der Waals surface area contributed by atoms with E-state index in [1.807, 2.05) is 20.8 Å². The van der Waals surface area contributed by atoms with E-state index in [1.165, 1.54) is 0 Å². The normalized spacial score (nSPS) is 24.4. The van der Waals surface area contributed by atoms with Crippen molar-refractivity contribution in [2.24, 2.45) is 17.6 Å². The van der Waals surface area contributed by atoms with Gasteiger partial charge in [0.2, 0.25) is 0 Å². The Morgan fingerprint density at radius 3 is 2.33 bits per heavy atom. The summed E-state index contributed by atoms with van der Waals surface area (Å²) in [5.41, 5.74) is 5.21. The maximum atomic E-state index is 11.5. The van der Waals surface area contributed by atoms with Crippen molar-refractivity contribution in [1.82, 2.24) is 5.32 Å². The van der Waals surface area contributed by atoms with Gasteiger partial charge in [0, 0.05) is 12.5 Å². The Labute approximate surface area is 115 Å². The highest BCUT2D eigenvalue weighted by molar-refractivity contribution is 7.80. The number of nitrogens with one attached hydrogen (secondary N) is 1. The Kier molecular flexibility index (Phi) is 5.38. The van der Waals surface area contributed by atoms with Gasteiger partial charge in [-0.05, 0) is 52.4 Å². The molecule has 0 aromatic carbocycles. The fourth-order valence-electron chi connectivity index (χ4n) is 2.19. The second-order valence-corrected chi connectivity index (χ2v) is 6.47. The lowest BCUT2D eigenvalue weighted by atomic mass is 9.82. The van der Waals surface area contributed by atoms with Gasteiger partial charge in [-0.2, -0.15) is 0 Å². The van der Waals surface area contributed by atoms with E-state index in [-0.39, 0.29) is 6.09 Å². The van der Waals surface area contributed by atoms with Crippen LogP contribution in [0.25, 0.3) is 0 Å². The molecule has 1 aliphatic carbocycles. The third kappa shape index (κ3) is 5.67. The molecular formula is C13H24N2O2S. The van der Waals surface area contributed by atoms with E-state index in [1.54, 1.807) is 0 Å². The summed E-state index contributed by atoms with van der Waals surface area (Å²) in [7, 11) is 0. The van der Waals surface area contributed by atoms with Crippen molar-refractivity contribution < 1.29 is 9.53 Å². The molecule has 1 rings (SSSR count). The molecule has 0 unspecified atom stereocenters. The van der Waals surface area contributed by atoms with Crippen molar-refractivity contribution in [3.05, 3.63) is 0 Å². The molecule has 1 aliphatic rings. The molecule has 0 atom stereocenters. The second-order valence-electron chi connectivity index (χ2n) is 6.00. The number of carbonyl (C=O) groups excluding carboxylic acids is 1. The number of amides is 1. The minimum absolute atomic E-state index is 0.334. The number of thiocarbonyl (C=S) groups is 1. The lowest BCUT2D eigenvalue weighted by Crippen LogP contribution is -2.37. The average Bonchev–Trinajstić information content (AvgIpc) is 2.24. The van der Waals surface area contributed by atoms with Crippen LogP contribution in [-0.4, -0.2) is 23.2 Å². The van der Waals surface area contributed by atoms with Crippen LogP contribution in [0.15, 0.2) is 0 Å². The van der Waals surface area contributed by atoms with Gasteiger partial charge in [0.25, 0.3) is 0 Å². The summed E-state index contributed by atoms with van der Waals surface area (Å²) in [4.78, 5) is 12.1. The van der Waals surface area contributed by atoms with Crippen molar-refractivity contribution in [2.45, 2.75) is 52.1 Å². The first-order valence-corrected chi connectivity index (χ1v) is 6.95. The summed E-state index contributed by atoms with van der Waals surface area (Å²) in [6.45, 7) is 6.26. The molecule has 18 heavy (non-hydrogen) atoms. The molecule has 1 fully saturated rings. The number of ether oxygens (including phenoxy) is 1. The number of nitrogens with two attached hydrogens (primary N) is 1. The fraction of sp³-hybridized carbons (Fsp3) is 0.846. The van der Waals surface area contributed by atoms with Crippen molar-refractivity contribution in [3.8, 4) is 0 Å². The molecule has 0 aromatic heterocycles. The molecule has 3 N–H and O–H groups in total. The summed E-state index contributed by atoms with van der Waals surface area (Å²) >= 11 is 5.01. The van der Waals surface area contributed by atoms with Gasteiger partial charge < -0.3 is 15.8 Å². The summed E-state index contributed by atoms with van der Waals surface area (Å²) in [5, 5.41) is 2.83. The van der Waals surface area contributed by atoms with Crippen LogP contribution in [0.2, 0.25) is 0 Å². The fourth-order valence-corrected chi connectivity index (χ4v) is 2.43. The van der Waals surface area contributed by atoms with E-state index < -0.39 is 5.60 Å². The van der Waals surface area contributed by atoms with Crippen LogP contribution in [0.4, 0.5) is 4.79 Å². The van der Waals surface area contributed by atoms with Crippen LogP contribution < -0.4 is 11.1 Å². The quantitative estimate of drug-likeness (QED) is 0.775. The summed E-state index contributed by atoms with van der Waals surface area (Å²) in [6, 6.07) is 0. The number of alkyl carbamates (subject to hydrolysis) is 1. The molecule has 1 saturated carbocycles. The van der Waals surface area contributed by atoms with Crippen molar-refractivity contribution in [2.75, 3.05) is 6.54 Å². The van der Waals surface area contributed by atoms with Crippen LogP contribution in [0.3, 0.4) is 0 Å². The molecule has 4 nitrogen and oxygen atoms in total. The highest BCUT2D eigenvalue weighted by atomic mass is 32.1. The molecule has 0 aromatic rings. The first-order chi connectivity index (χ1) is 8.28. The minimum atomic E-state index is -0.437. The van der Waals surface area contributed by atoms with Crippen molar-refractivity contribution in [3.63, 3.8) is 0 Å². The van der Waals surface area contributed by atoms with Crippen LogP contribution in [0.1, 0.15) is 46.5 Å². The molecule has 0 spiro atoms. The third-order valence-corrected chi connectivity index (χ3v) is 3.52. The highest BCUT2D eigenvalue weighted by Gasteiger charge is 2.24. The van der Waals surface area contributed by atoms with Gasteiger partial charge in [-0.25, -0.2) is 4.79 Å². The molecule has 5 heteroatoms. The summed E-state index contributed by atoms with van der Waals surface area (Å²) < 4.78 is 5.20. The Morgan fingerprint density at radius 1 is 1.33 bits per heavy atom. The van der Waals surface area contributed by atoms with E-state index in [0.717, 1.165) is 25.7 Å². The van der Waals surface area contributed by atoms with E-state index in [2.05, 4.69) is 5.32 Å². The molecule has 0 aliphatic heterocycles. The first kappa shape index (κ1) is 15.2. The zero-order valence-corrected chi connectivity index (χ0v) is 12.3.